The number of carbonyl (C=O) groups excluding carboxylic acids is 4. The van der Waals surface area contributed by atoms with E-state index in [1.165, 1.54) is 16.8 Å². The molecule has 1 saturated heterocycles. The predicted molar refractivity (Wildman–Crippen MR) is 88.0 cm³/mol. The highest BCUT2D eigenvalue weighted by Gasteiger charge is 2.60. The maximum absolute atomic E-state index is 13.2. The Labute approximate surface area is 148 Å². The maximum atomic E-state index is 13.2. The van der Waals surface area contributed by atoms with Gasteiger partial charge in [-0.1, -0.05) is 12.1 Å². The molecule has 26 heavy (non-hydrogen) atoms. The van der Waals surface area contributed by atoms with Crippen molar-refractivity contribution in [3.63, 3.8) is 0 Å². The molecule has 1 atom stereocenters. The third kappa shape index (κ3) is 2.08. The number of rotatable bonds is 3. The molecule has 0 saturated carbocycles. The average Bonchev–Trinajstić information content (AvgIpc) is 3.23. The van der Waals surface area contributed by atoms with Gasteiger partial charge in [-0.05, 0) is 29.8 Å². The minimum Gasteiger partial charge on any atom is -0.497 e. The number of carbonyl (C=O) groups is 4. The van der Waals surface area contributed by atoms with E-state index < -0.39 is 29.2 Å². The smallest absolute Gasteiger partial charge is 0.277 e. The number of ether oxygens (including phenoxy) is 1. The molecule has 132 valence electrons. The van der Waals surface area contributed by atoms with Gasteiger partial charge in [0.2, 0.25) is 11.4 Å². The number of nitrogens with zero attached hydrogens (tertiary/aromatic N) is 2. The molecule has 1 unspecified atom stereocenters. The second-order valence-corrected chi connectivity index (χ2v) is 6.22. The van der Waals surface area contributed by atoms with Crippen LogP contribution in [0, 0.1) is 0 Å². The van der Waals surface area contributed by atoms with Crippen LogP contribution in [0.15, 0.2) is 42.6 Å². The summed E-state index contributed by atoms with van der Waals surface area (Å²) in [6.45, 7) is -0.00391. The Kier molecular flexibility index (Phi) is 3.43. The molecule has 8 nitrogen and oxygen atoms in total. The summed E-state index contributed by atoms with van der Waals surface area (Å²) in [7, 11) is 1.54. The molecule has 1 aromatic carbocycles. The highest BCUT2D eigenvalue weighted by atomic mass is 16.5. The largest absolute Gasteiger partial charge is 0.497 e. The maximum Gasteiger partial charge on any atom is 0.277 e. The number of methoxy groups -OCH3 is 1. The molecule has 8 heteroatoms. The van der Waals surface area contributed by atoms with Crippen LogP contribution < -0.4 is 10.1 Å². The van der Waals surface area contributed by atoms with Gasteiger partial charge in [0.05, 0.1) is 20.1 Å². The van der Waals surface area contributed by atoms with Crippen molar-refractivity contribution in [1.29, 1.82) is 0 Å². The van der Waals surface area contributed by atoms with E-state index in [1.54, 1.807) is 37.4 Å². The minimum absolute atomic E-state index is 0.00391. The van der Waals surface area contributed by atoms with Crippen molar-refractivity contribution in [2.24, 2.45) is 0 Å². The molecule has 2 aliphatic rings. The molecule has 1 spiro atoms. The molecule has 0 radical (unpaired) electrons. The van der Waals surface area contributed by atoms with Crippen LogP contribution in [0.2, 0.25) is 0 Å². The summed E-state index contributed by atoms with van der Waals surface area (Å²) in [5.74, 6) is -1.81. The number of nitrogens with one attached hydrogen (secondary N) is 1. The van der Waals surface area contributed by atoms with Crippen molar-refractivity contribution in [1.82, 2.24) is 14.8 Å². The summed E-state index contributed by atoms with van der Waals surface area (Å²) in [6.07, 6.45) is 1.16. The van der Waals surface area contributed by atoms with Gasteiger partial charge in [0.1, 0.15) is 11.4 Å². The van der Waals surface area contributed by atoms with E-state index in [-0.39, 0.29) is 18.7 Å². The first-order valence-electron chi connectivity index (χ1n) is 7.99. The third-order valence-corrected chi connectivity index (χ3v) is 4.77. The van der Waals surface area contributed by atoms with E-state index in [0.717, 1.165) is 4.90 Å². The van der Waals surface area contributed by atoms with Crippen LogP contribution in [-0.2, 0) is 26.5 Å². The fraction of sp³-hybridized carbons (Fsp3) is 0.222. The molecule has 2 aromatic rings. The van der Waals surface area contributed by atoms with Crippen LogP contribution in [0.25, 0.3) is 0 Å². The lowest BCUT2D eigenvalue weighted by atomic mass is 9.91. The van der Waals surface area contributed by atoms with Gasteiger partial charge in [0.15, 0.2) is 0 Å². The van der Waals surface area contributed by atoms with Gasteiger partial charge in [-0.2, -0.15) is 0 Å². The van der Waals surface area contributed by atoms with Gasteiger partial charge < -0.3 is 9.30 Å². The van der Waals surface area contributed by atoms with Crippen LogP contribution in [0.4, 0.5) is 0 Å². The first kappa shape index (κ1) is 16.1. The summed E-state index contributed by atoms with van der Waals surface area (Å²) in [5, 5.41) is 2.18. The lowest BCUT2D eigenvalue weighted by Crippen LogP contribution is -2.60. The highest BCUT2D eigenvalue weighted by Crippen LogP contribution is 2.36. The number of aromatic nitrogens is 1. The van der Waals surface area contributed by atoms with Crippen LogP contribution in [0.3, 0.4) is 0 Å². The molecule has 0 bridgehead atoms. The van der Waals surface area contributed by atoms with Gasteiger partial charge in [-0.15, -0.1) is 0 Å². The first-order valence-corrected chi connectivity index (χ1v) is 7.99. The topological polar surface area (TPSA) is 97.7 Å². The Hall–Kier alpha value is -3.42. The van der Waals surface area contributed by atoms with E-state index in [0.29, 0.717) is 11.3 Å². The van der Waals surface area contributed by atoms with E-state index in [4.69, 9.17) is 4.74 Å². The number of fused-ring (bicyclic) bond motifs is 2. The number of benzene rings is 1. The highest BCUT2D eigenvalue weighted by molar-refractivity contribution is 6.24. The average molecular weight is 353 g/mol. The standard InChI is InChI=1S/C18H15N3O5/c1-26-12-6-4-11(5-7-12)10-20-15(23)13-3-2-8-21(13)18(17(20)25)9-14(22)19-16(18)24/h2-8H,9-10H2,1H3,(H,19,22,24). The molecule has 4 rings (SSSR count). The molecule has 0 aliphatic carbocycles. The minimum atomic E-state index is -1.74. The van der Waals surface area contributed by atoms with Gasteiger partial charge in [0, 0.05) is 6.20 Å². The molecular weight excluding hydrogens is 338 g/mol. The number of imide groups is 2. The number of hydrogen-bond donors (Lipinski definition) is 1. The Morgan fingerprint density at radius 2 is 1.85 bits per heavy atom. The van der Waals surface area contributed by atoms with Crippen molar-refractivity contribution in [2.45, 2.75) is 18.5 Å². The van der Waals surface area contributed by atoms with Crippen LogP contribution >= 0.6 is 0 Å². The van der Waals surface area contributed by atoms with Gasteiger partial charge >= 0.3 is 0 Å². The summed E-state index contributed by atoms with van der Waals surface area (Å²) < 4.78 is 6.41. The Bertz CT molecular complexity index is 946. The number of amides is 4. The second-order valence-electron chi connectivity index (χ2n) is 6.22. The van der Waals surface area contributed by atoms with Gasteiger partial charge in [-0.3, -0.25) is 29.4 Å². The zero-order chi connectivity index (χ0) is 18.5. The lowest BCUT2D eigenvalue weighted by Gasteiger charge is -2.37. The van der Waals surface area contributed by atoms with Crippen molar-refractivity contribution < 1.29 is 23.9 Å². The summed E-state index contributed by atoms with van der Waals surface area (Å²) >= 11 is 0. The summed E-state index contributed by atoms with van der Waals surface area (Å²) in [6, 6.07) is 10.0. The van der Waals surface area contributed by atoms with Crippen LogP contribution in [-0.4, -0.2) is 40.2 Å². The lowest BCUT2D eigenvalue weighted by molar-refractivity contribution is -0.147. The van der Waals surface area contributed by atoms with E-state index >= 15 is 0 Å². The number of hydrogen-bond acceptors (Lipinski definition) is 5. The van der Waals surface area contributed by atoms with Crippen molar-refractivity contribution >= 4 is 23.6 Å². The predicted octanol–water partition coefficient (Wildman–Crippen LogP) is 0.421. The van der Waals surface area contributed by atoms with E-state index in [1.807, 2.05) is 0 Å². The third-order valence-electron chi connectivity index (χ3n) is 4.77. The molecule has 3 heterocycles. The van der Waals surface area contributed by atoms with Crippen LogP contribution in [0.1, 0.15) is 22.5 Å². The quantitative estimate of drug-likeness (QED) is 0.637. The molecule has 1 aromatic heterocycles. The molecule has 1 fully saturated rings. The summed E-state index contributed by atoms with van der Waals surface area (Å²) in [5.41, 5.74) is -0.841. The Balaban J connectivity index is 1.77. The van der Waals surface area contributed by atoms with E-state index in [2.05, 4.69) is 5.32 Å². The molecule has 2 aliphatic heterocycles. The zero-order valence-corrected chi connectivity index (χ0v) is 13.9. The first-order chi connectivity index (χ1) is 12.5. The molecule has 4 amide bonds. The monoisotopic (exact) mass is 353 g/mol. The fourth-order valence-corrected chi connectivity index (χ4v) is 3.46. The van der Waals surface area contributed by atoms with Gasteiger partial charge in [0.25, 0.3) is 17.7 Å². The fourth-order valence-electron chi connectivity index (χ4n) is 3.46. The molecule has 1 N–H and O–H groups in total. The summed E-state index contributed by atoms with van der Waals surface area (Å²) in [4.78, 5) is 51.3. The van der Waals surface area contributed by atoms with Crippen molar-refractivity contribution in [3.8, 4) is 5.75 Å². The Morgan fingerprint density at radius 3 is 2.46 bits per heavy atom. The zero-order valence-electron chi connectivity index (χ0n) is 13.9. The van der Waals surface area contributed by atoms with Crippen LogP contribution in [0.5, 0.6) is 5.75 Å². The van der Waals surface area contributed by atoms with Crippen molar-refractivity contribution in [3.05, 3.63) is 53.9 Å². The van der Waals surface area contributed by atoms with E-state index in [9.17, 15) is 19.2 Å². The van der Waals surface area contributed by atoms with Crippen molar-refractivity contribution in [2.75, 3.05) is 7.11 Å². The second kappa shape index (κ2) is 5.55. The molecular formula is C18H15N3O5. The Morgan fingerprint density at radius 1 is 1.12 bits per heavy atom. The SMILES string of the molecule is COc1ccc(CN2C(=O)c3cccn3C3(CC(=O)NC3=O)C2=O)cc1. The normalized spacial score (nSPS) is 22.0. The van der Waals surface area contributed by atoms with Gasteiger partial charge in [-0.25, -0.2) is 0 Å².